The van der Waals surface area contributed by atoms with E-state index in [-0.39, 0.29) is 18.4 Å². The Morgan fingerprint density at radius 2 is 1.81 bits per heavy atom. The third-order valence-electron chi connectivity index (χ3n) is 3.62. The quantitative estimate of drug-likeness (QED) is 0.759. The van der Waals surface area contributed by atoms with Gasteiger partial charge in [0, 0.05) is 11.6 Å². The highest BCUT2D eigenvalue weighted by molar-refractivity contribution is 6.33. The molecule has 2 aromatic rings. The predicted molar refractivity (Wildman–Crippen MR) is 105 cm³/mol. The fourth-order valence-electron chi connectivity index (χ4n) is 2.29. The second-order valence-corrected chi connectivity index (χ2v) is 6.24. The minimum Gasteiger partial charge on any atom is -0.496 e. The number of benzene rings is 2. The molecule has 0 spiro atoms. The van der Waals surface area contributed by atoms with Crippen molar-refractivity contribution in [3.8, 4) is 5.75 Å². The van der Waals surface area contributed by atoms with E-state index in [1.807, 2.05) is 38.1 Å². The van der Waals surface area contributed by atoms with E-state index in [1.165, 1.54) is 6.08 Å². The van der Waals surface area contributed by atoms with Crippen LogP contribution in [0.2, 0.25) is 5.02 Å². The van der Waals surface area contributed by atoms with Crippen LogP contribution in [0.15, 0.2) is 42.5 Å². The summed E-state index contributed by atoms with van der Waals surface area (Å²) in [5, 5.41) is 5.65. The van der Waals surface area contributed by atoms with Crippen molar-refractivity contribution in [2.45, 2.75) is 13.8 Å². The standard InChI is InChI=1S/C20H21ClN2O3/c1-13-5-8-18(26-3)15(10-13)6-9-19(24)22-12-20(25)23-17-7-4-14(2)11-16(17)21/h4-11H,12H2,1-3H3,(H,22,24)(H,23,25). The Labute approximate surface area is 158 Å². The zero-order chi connectivity index (χ0) is 19.1. The molecule has 136 valence electrons. The number of ether oxygens (including phenoxy) is 1. The number of halogens is 1. The van der Waals surface area contributed by atoms with Gasteiger partial charge < -0.3 is 15.4 Å². The van der Waals surface area contributed by atoms with Gasteiger partial charge in [0.2, 0.25) is 11.8 Å². The van der Waals surface area contributed by atoms with E-state index in [0.717, 1.165) is 16.7 Å². The molecule has 0 saturated heterocycles. The van der Waals surface area contributed by atoms with Gasteiger partial charge in [0.05, 0.1) is 24.4 Å². The lowest BCUT2D eigenvalue weighted by Gasteiger charge is -2.08. The summed E-state index contributed by atoms with van der Waals surface area (Å²) in [4.78, 5) is 23.9. The molecule has 0 unspecified atom stereocenters. The Morgan fingerprint density at radius 3 is 2.50 bits per heavy atom. The fraction of sp³-hybridized carbons (Fsp3) is 0.200. The zero-order valence-corrected chi connectivity index (χ0v) is 15.7. The van der Waals surface area contributed by atoms with E-state index in [0.29, 0.717) is 16.5 Å². The number of carbonyl (C=O) groups is 2. The highest BCUT2D eigenvalue weighted by atomic mass is 35.5. The lowest BCUT2D eigenvalue weighted by atomic mass is 10.1. The first kappa shape index (κ1) is 19.5. The predicted octanol–water partition coefficient (Wildman–Crippen LogP) is 3.73. The highest BCUT2D eigenvalue weighted by Gasteiger charge is 2.07. The molecule has 0 heterocycles. The Hall–Kier alpha value is -2.79. The summed E-state index contributed by atoms with van der Waals surface area (Å²) >= 11 is 6.07. The minimum atomic E-state index is -0.376. The second kappa shape index (κ2) is 9.06. The Balaban J connectivity index is 1.90. The molecular formula is C20H21ClN2O3. The Bertz CT molecular complexity index is 847. The van der Waals surface area contributed by atoms with Crippen molar-refractivity contribution in [1.29, 1.82) is 0 Å². The van der Waals surface area contributed by atoms with Crippen molar-refractivity contribution >= 4 is 35.2 Å². The molecule has 0 aromatic heterocycles. The van der Waals surface area contributed by atoms with Crippen LogP contribution in [0.5, 0.6) is 5.75 Å². The summed E-state index contributed by atoms with van der Waals surface area (Å²) in [7, 11) is 1.57. The molecule has 2 aromatic carbocycles. The monoisotopic (exact) mass is 372 g/mol. The van der Waals surface area contributed by atoms with Gasteiger partial charge in [-0.15, -0.1) is 0 Å². The van der Waals surface area contributed by atoms with Gasteiger partial charge >= 0.3 is 0 Å². The van der Waals surface area contributed by atoms with Gasteiger partial charge in [-0.3, -0.25) is 9.59 Å². The van der Waals surface area contributed by atoms with Crippen LogP contribution in [-0.2, 0) is 9.59 Å². The van der Waals surface area contributed by atoms with Gasteiger partial charge in [-0.2, -0.15) is 0 Å². The number of hydrogen-bond donors (Lipinski definition) is 2. The van der Waals surface area contributed by atoms with E-state index >= 15 is 0 Å². The summed E-state index contributed by atoms with van der Waals surface area (Å²) in [5.74, 6) is -0.0595. The molecule has 0 aliphatic carbocycles. The number of hydrogen-bond acceptors (Lipinski definition) is 3. The number of anilines is 1. The molecule has 6 heteroatoms. The summed E-state index contributed by atoms with van der Waals surface area (Å²) in [6.07, 6.45) is 3.01. The number of nitrogens with one attached hydrogen (secondary N) is 2. The van der Waals surface area contributed by atoms with Crippen molar-refractivity contribution in [1.82, 2.24) is 5.32 Å². The molecule has 0 aliphatic rings. The smallest absolute Gasteiger partial charge is 0.244 e. The second-order valence-electron chi connectivity index (χ2n) is 5.83. The number of methoxy groups -OCH3 is 1. The highest BCUT2D eigenvalue weighted by Crippen LogP contribution is 2.22. The maximum atomic E-state index is 11.9. The van der Waals surface area contributed by atoms with E-state index in [2.05, 4.69) is 10.6 Å². The molecule has 0 radical (unpaired) electrons. The van der Waals surface area contributed by atoms with Crippen molar-refractivity contribution in [3.05, 3.63) is 64.2 Å². The van der Waals surface area contributed by atoms with Gasteiger partial charge in [-0.1, -0.05) is 29.3 Å². The average molecular weight is 373 g/mol. The zero-order valence-electron chi connectivity index (χ0n) is 14.9. The first-order valence-electron chi connectivity index (χ1n) is 8.05. The van der Waals surface area contributed by atoms with Crippen molar-refractivity contribution < 1.29 is 14.3 Å². The van der Waals surface area contributed by atoms with Crippen molar-refractivity contribution in [3.63, 3.8) is 0 Å². The normalized spacial score (nSPS) is 10.6. The van der Waals surface area contributed by atoms with E-state index < -0.39 is 0 Å². The molecule has 2 rings (SSSR count). The third kappa shape index (κ3) is 5.63. The summed E-state index contributed by atoms with van der Waals surface area (Å²) in [6.45, 7) is 3.71. The van der Waals surface area contributed by atoms with Gasteiger partial charge in [-0.05, 0) is 49.8 Å². The van der Waals surface area contributed by atoms with Crippen molar-refractivity contribution in [2.75, 3.05) is 19.0 Å². The lowest BCUT2D eigenvalue weighted by Crippen LogP contribution is -2.31. The van der Waals surface area contributed by atoms with Crippen LogP contribution in [0.1, 0.15) is 16.7 Å². The summed E-state index contributed by atoms with van der Waals surface area (Å²) in [6, 6.07) is 11.0. The first-order chi connectivity index (χ1) is 12.4. The molecular weight excluding hydrogens is 352 g/mol. The molecule has 0 saturated carbocycles. The average Bonchev–Trinajstić information content (AvgIpc) is 2.60. The molecule has 0 fully saturated rings. The van der Waals surface area contributed by atoms with Crippen LogP contribution in [0.4, 0.5) is 5.69 Å². The van der Waals surface area contributed by atoms with Gasteiger partial charge in [0.1, 0.15) is 5.75 Å². The van der Waals surface area contributed by atoms with Crippen LogP contribution in [0.25, 0.3) is 6.08 Å². The molecule has 2 N–H and O–H groups in total. The third-order valence-corrected chi connectivity index (χ3v) is 3.93. The van der Waals surface area contributed by atoms with Crippen molar-refractivity contribution in [2.24, 2.45) is 0 Å². The summed E-state index contributed by atoms with van der Waals surface area (Å²) in [5.41, 5.74) is 3.35. The number of amides is 2. The SMILES string of the molecule is COc1ccc(C)cc1C=CC(=O)NCC(=O)Nc1ccc(C)cc1Cl. The first-order valence-corrected chi connectivity index (χ1v) is 8.43. The number of carbonyl (C=O) groups excluding carboxylic acids is 2. The molecule has 2 amide bonds. The Morgan fingerprint density at radius 1 is 1.12 bits per heavy atom. The van der Waals surface area contributed by atoms with Gasteiger partial charge in [0.15, 0.2) is 0 Å². The van der Waals surface area contributed by atoms with E-state index in [9.17, 15) is 9.59 Å². The van der Waals surface area contributed by atoms with Gasteiger partial charge in [-0.25, -0.2) is 0 Å². The maximum absolute atomic E-state index is 11.9. The molecule has 5 nitrogen and oxygen atoms in total. The van der Waals surface area contributed by atoms with Crippen LogP contribution < -0.4 is 15.4 Å². The lowest BCUT2D eigenvalue weighted by molar-refractivity contribution is -0.121. The van der Waals surface area contributed by atoms with Crippen LogP contribution in [-0.4, -0.2) is 25.5 Å². The Kier molecular flexibility index (Phi) is 6.81. The largest absolute Gasteiger partial charge is 0.496 e. The summed E-state index contributed by atoms with van der Waals surface area (Å²) < 4.78 is 5.26. The fourth-order valence-corrected chi connectivity index (χ4v) is 2.57. The van der Waals surface area contributed by atoms with Crippen LogP contribution >= 0.6 is 11.6 Å². The molecule has 0 atom stereocenters. The van der Waals surface area contributed by atoms with Crippen LogP contribution in [0.3, 0.4) is 0 Å². The molecule has 0 bridgehead atoms. The van der Waals surface area contributed by atoms with Gasteiger partial charge in [0.25, 0.3) is 0 Å². The van der Waals surface area contributed by atoms with Crippen LogP contribution in [0, 0.1) is 13.8 Å². The molecule has 26 heavy (non-hydrogen) atoms. The maximum Gasteiger partial charge on any atom is 0.244 e. The van der Waals surface area contributed by atoms with E-state index in [4.69, 9.17) is 16.3 Å². The topological polar surface area (TPSA) is 67.4 Å². The molecule has 0 aliphatic heterocycles. The van der Waals surface area contributed by atoms with E-state index in [1.54, 1.807) is 25.3 Å². The minimum absolute atomic E-state index is 0.154. The number of rotatable bonds is 6. The number of aryl methyl sites for hydroxylation is 2.